The molecule has 3 atom stereocenters. The van der Waals surface area contributed by atoms with Crippen LogP contribution < -0.4 is 4.90 Å². The van der Waals surface area contributed by atoms with E-state index in [0.29, 0.717) is 13.0 Å². The van der Waals surface area contributed by atoms with E-state index >= 15 is 0 Å². The first-order valence-electron chi connectivity index (χ1n) is 9.31. The number of carbonyl (C=O) groups is 1. The number of hydrogen-bond donors (Lipinski definition) is 1. The molecular weight excluding hydrogens is 344 g/mol. The molecule has 1 unspecified atom stereocenters. The molecule has 0 saturated carbocycles. The van der Waals surface area contributed by atoms with Crippen molar-refractivity contribution in [3.05, 3.63) is 52.7 Å². The van der Waals surface area contributed by atoms with E-state index in [1.807, 2.05) is 49.1 Å². The van der Waals surface area contributed by atoms with Crippen molar-refractivity contribution in [3.63, 3.8) is 0 Å². The molecule has 2 aromatic rings. The van der Waals surface area contributed by atoms with Crippen molar-refractivity contribution in [2.45, 2.75) is 51.3 Å². The van der Waals surface area contributed by atoms with Crippen LogP contribution in [0, 0.1) is 0 Å². The molecule has 3 rings (SSSR count). The Bertz CT molecular complexity index is 715. The molecule has 1 N–H and O–H groups in total. The number of thiophene rings is 1. The van der Waals surface area contributed by atoms with Gasteiger partial charge in [-0.05, 0) is 43.8 Å². The van der Waals surface area contributed by atoms with Crippen molar-refractivity contribution in [1.82, 2.24) is 4.90 Å². The number of carbonyl (C=O) groups excluding carboxylic acids is 1. The minimum Gasteiger partial charge on any atom is -0.387 e. The molecule has 1 aromatic heterocycles. The van der Waals surface area contributed by atoms with Crippen LogP contribution in [0.3, 0.4) is 0 Å². The molecule has 1 amide bonds. The van der Waals surface area contributed by atoms with E-state index < -0.39 is 5.60 Å². The first kappa shape index (κ1) is 19.1. The van der Waals surface area contributed by atoms with Gasteiger partial charge in [0.2, 0.25) is 5.91 Å². The summed E-state index contributed by atoms with van der Waals surface area (Å²) in [6.07, 6.45) is 1.18. The van der Waals surface area contributed by atoms with Crippen LogP contribution in [0.5, 0.6) is 0 Å². The van der Waals surface area contributed by atoms with Crippen molar-refractivity contribution in [1.29, 1.82) is 0 Å². The zero-order valence-corrected chi connectivity index (χ0v) is 16.6. The second-order valence-electron chi connectivity index (χ2n) is 7.28. The molecule has 2 heterocycles. The number of hydrogen-bond acceptors (Lipinski definition) is 4. The van der Waals surface area contributed by atoms with Crippen molar-refractivity contribution < 1.29 is 9.90 Å². The molecule has 140 valence electrons. The first-order chi connectivity index (χ1) is 12.4. The van der Waals surface area contributed by atoms with Crippen molar-refractivity contribution in [2.24, 2.45) is 0 Å². The minimum absolute atomic E-state index is 0.0567. The lowest BCUT2D eigenvalue weighted by molar-refractivity contribution is -0.121. The lowest BCUT2D eigenvalue weighted by atomic mass is 9.86. The topological polar surface area (TPSA) is 43.8 Å². The highest BCUT2D eigenvalue weighted by atomic mass is 32.1. The molecule has 0 radical (unpaired) electrons. The summed E-state index contributed by atoms with van der Waals surface area (Å²) in [6.45, 7) is 7.34. The summed E-state index contributed by atoms with van der Waals surface area (Å²) in [4.78, 5) is 18.1. The van der Waals surface area contributed by atoms with E-state index in [0.717, 1.165) is 18.7 Å². The standard InChI is InChI=1S/C21H28N2O2S/c1-4-20(24)23(17-9-6-5-7-10-17)19-12-13-22(15-21(19,3)25)16(2)18-11-8-14-26-18/h5-11,14,16,19,25H,4,12-13,15H2,1-3H3/t16?,19-,21-/m0/s1. The third kappa shape index (κ3) is 3.85. The number of β-amino-alcohol motifs (C(OH)–C–C–N with tert-alkyl or cyclic N) is 1. The zero-order chi connectivity index (χ0) is 18.7. The number of piperidine rings is 1. The summed E-state index contributed by atoms with van der Waals surface area (Å²) in [5.74, 6) is 0.0567. The fourth-order valence-corrected chi connectivity index (χ4v) is 4.72. The van der Waals surface area contributed by atoms with Gasteiger partial charge in [0, 0.05) is 36.1 Å². The van der Waals surface area contributed by atoms with Gasteiger partial charge in [-0.2, -0.15) is 0 Å². The van der Waals surface area contributed by atoms with Gasteiger partial charge >= 0.3 is 0 Å². The van der Waals surface area contributed by atoms with Crippen molar-refractivity contribution >= 4 is 22.9 Å². The minimum atomic E-state index is -0.968. The van der Waals surface area contributed by atoms with Crippen LogP contribution in [-0.4, -0.2) is 40.6 Å². The van der Waals surface area contributed by atoms with Crippen LogP contribution in [0.4, 0.5) is 5.69 Å². The summed E-state index contributed by atoms with van der Waals surface area (Å²) in [5.41, 5.74) is -0.103. The molecule has 4 nitrogen and oxygen atoms in total. The molecule has 26 heavy (non-hydrogen) atoms. The molecule has 1 aliphatic heterocycles. The van der Waals surface area contributed by atoms with E-state index in [1.165, 1.54) is 4.88 Å². The predicted octanol–water partition coefficient (Wildman–Crippen LogP) is 4.08. The summed E-state index contributed by atoms with van der Waals surface area (Å²) in [7, 11) is 0. The Morgan fingerprint density at radius 3 is 2.65 bits per heavy atom. The van der Waals surface area contributed by atoms with E-state index in [2.05, 4.69) is 29.3 Å². The smallest absolute Gasteiger partial charge is 0.227 e. The highest BCUT2D eigenvalue weighted by molar-refractivity contribution is 7.10. The van der Waals surface area contributed by atoms with Gasteiger partial charge in [-0.1, -0.05) is 31.2 Å². The largest absolute Gasteiger partial charge is 0.387 e. The molecule has 0 bridgehead atoms. The lowest BCUT2D eigenvalue weighted by Gasteiger charge is -2.49. The van der Waals surface area contributed by atoms with Gasteiger partial charge in [-0.25, -0.2) is 0 Å². The molecule has 1 aromatic carbocycles. The van der Waals surface area contributed by atoms with E-state index in [-0.39, 0.29) is 18.0 Å². The third-order valence-electron chi connectivity index (χ3n) is 5.35. The number of likely N-dealkylation sites (tertiary alicyclic amines) is 1. The van der Waals surface area contributed by atoms with Gasteiger partial charge in [0.25, 0.3) is 0 Å². The van der Waals surface area contributed by atoms with Gasteiger partial charge in [0.1, 0.15) is 0 Å². The second-order valence-corrected chi connectivity index (χ2v) is 8.26. The molecule has 1 fully saturated rings. The van der Waals surface area contributed by atoms with E-state index in [4.69, 9.17) is 0 Å². The highest BCUT2D eigenvalue weighted by Crippen LogP contribution is 2.35. The molecule has 5 heteroatoms. The quantitative estimate of drug-likeness (QED) is 0.860. The summed E-state index contributed by atoms with van der Waals surface area (Å²) in [5, 5.41) is 13.4. The van der Waals surface area contributed by atoms with Crippen molar-refractivity contribution in [2.75, 3.05) is 18.0 Å². The highest BCUT2D eigenvalue weighted by Gasteiger charge is 2.44. The summed E-state index contributed by atoms with van der Waals surface area (Å²) in [6, 6.07) is 14.0. The second kappa shape index (κ2) is 7.91. The number of anilines is 1. The Kier molecular flexibility index (Phi) is 5.80. The molecule has 1 saturated heterocycles. The average molecular weight is 373 g/mol. The van der Waals surface area contributed by atoms with Gasteiger partial charge in [-0.3, -0.25) is 9.69 Å². The van der Waals surface area contributed by atoms with Crippen LogP contribution in [0.2, 0.25) is 0 Å². The molecule has 0 spiro atoms. The molecule has 1 aliphatic rings. The molecule has 0 aliphatic carbocycles. The summed E-state index contributed by atoms with van der Waals surface area (Å²) < 4.78 is 0. The van der Waals surface area contributed by atoms with Gasteiger partial charge in [0.05, 0.1) is 11.6 Å². The number of rotatable bonds is 5. The first-order valence-corrected chi connectivity index (χ1v) is 10.2. The third-order valence-corrected chi connectivity index (χ3v) is 6.39. The van der Waals surface area contributed by atoms with E-state index in [1.54, 1.807) is 11.3 Å². The Morgan fingerprint density at radius 2 is 2.08 bits per heavy atom. The van der Waals surface area contributed by atoms with Gasteiger partial charge < -0.3 is 10.0 Å². The van der Waals surface area contributed by atoms with Gasteiger partial charge in [0.15, 0.2) is 0 Å². The van der Waals surface area contributed by atoms with Gasteiger partial charge in [-0.15, -0.1) is 11.3 Å². The Labute approximate surface area is 160 Å². The lowest BCUT2D eigenvalue weighted by Crippen LogP contribution is -2.62. The Morgan fingerprint density at radius 1 is 1.35 bits per heavy atom. The number of amides is 1. The maximum absolute atomic E-state index is 12.7. The Hall–Kier alpha value is -1.69. The van der Waals surface area contributed by atoms with Crippen LogP contribution in [0.15, 0.2) is 47.8 Å². The number of aliphatic hydroxyl groups is 1. The normalized spacial score (nSPS) is 25.0. The SMILES string of the molecule is CCC(=O)N(c1ccccc1)[C@H]1CCN(C(C)c2cccs2)C[C@]1(C)O. The van der Waals surface area contributed by atoms with Crippen LogP contribution >= 0.6 is 11.3 Å². The maximum atomic E-state index is 12.7. The Balaban J connectivity index is 1.83. The summed E-state index contributed by atoms with van der Waals surface area (Å²) >= 11 is 1.75. The van der Waals surface area contributed by atoms with E-state index in [9.17, 15) is 9.90 Å². The zero-order valence-electron chi connectivity index (χ0n) is 15.8. The number of nitrogens with zero attached hydrogens (tertiary/aromatic N) is 2. The predicted molar refractivity (Wildman–Crippen MR) is 108 cm³/mol. The van der Waals surface area contributed by atoms with Crippen LogP contribution in [0.25, 0.3) is 0 Å². The fourth-order valence-electron chi connectivity index (χ4n) is 3.90. The fraction of sp³-hybridized carbons (Fsp3) is 0.476. The van der Waals surface area contributed by atoms with Crippen LogP contribution in [-0.2, 0) is 4.79 Å². The molecular formula is C21H28N2O2S. The number of para-hydroxylation sites is 1. The number of benzene rings is 1. The monoisotopic (exact) mass is 372 g/mol. The van der Waals surface area contributed by atoms with Crippen LogP contribution in [0.1, 0.15) is 44.5 Å². The van der Waals surface area contributed by atoms with Crippen molar-refractivity contribution in [3.8, 4) is 0 Å². The average Bonchev–Trinajstić information content (AvgIpc) is 3.17. The maximum Gasteiger partial charge on any atom is 0.227 e.